The van der Waals surface area contributed by atoms with Gasteiger partial charge in [0.25, 0.3) is 0 Å². The number of rotatable bonds is 7. The van der Waals surface area contributed by atoms with Gasteiger partial charge < -0.3 is 9.64 Å². The van der Waals surface area contributed by atoms with E-state index < -0.39 is 0 Å². The fourth-order valence-electron chi connectivity index (χ4n) is 4.30. The summed E-state index contributed by atoms with van der Waals surface area (Å²) >= 11 is 0. The zero-order chi connectivity index (χ0) is 18.6. The van der Waals surface area contributed by atoms with Gasteiger partial charge in [0.15, 0.2) is 0 Å². The van der Waals surface area contributed by atoms with Crippen molar-refractivity contribution in [1.29, 1.82) is 0 Å². The first-order valence-corrected chi connectivity index (χ1v) is 10.2. The number of carbonyl (C=O) groups is 1. The third-order valence-electron chi connectivity index (χ3n) is 5.31. The van der Waals surface area contributed by atoms with Gasteiger partial charge >= 0.3 is 0 Å². The molecule has 25 heavy (non-hydrogen) atoms. The molecular formula is C20H39N3O2. The van der Waals surface area contributed by atoms with Crippen LogP contribution in [0.5, 0.6) is 0 Å². The van der Waals surface area contributed by atoms with Crippen LogP contribution in [-0.2, 0) is 9.53 Å². The van der Waals surface area contributed by atoms with E-state index in [1.807, 2.05) is 0 Å². The lowest BCUT2D eigenvalue weighted by molar-refractivity contribution is -0.135. The van der Waals surface area contributed by atoms with E-state index in [0.717, 1.165) is 32.7 Å². The van der Waals surface area contributed by atoms with E-state index in [9.17, 15) is 4.79 Å². The maximum Gasteiger partial charge on any atom is 0.236 e. The number of carbonyl (C=O) groups excluding carboxylic acids is 1. The molecule has 0 radical (unpaired) electrons. The smallest absolute Gasteiger partial charge is 0.236 e. The Morgan fingerprint density at radius 3 is 2.36 bits per heavy atom. The maximum absolute atomic E-state index is 12.9. The predicted octanol–water partition coefficient (Wildman–Crippen LogP) is 2.45. The second-order valence-electron chi connectivity index (χ2n) is 8.78. The van der Waals surface area contributed by atoms with Gasteiger partial charge in [-0.25, -0.2) is 0 Å². The Labute approximate surface area is 154 Å². The molecule has 0 aromatic heterocycles. The van der Waals surface area contributed by atoms with Crippen LogP contribution in [0.1, 0.15) is 54.4 Å². The second kappa shape index (κ2) is 9.33. The number of hydrogen-bond donors (Lipinski definition) is 0. The number of ether oxygens (including phenoxy) is 1. The molecule has 5 nitrogen and oxygen atoms in total. The average molecular weight is 354 g/mol. The Kier molecular flexibility index (Phi) is 7.71. The molecule has 2 fully saturated rings. The molecule has 2 heterocycles. The van der Waals surface area contributed by atoms with Crippen molar-refractivity contribution >= 4 is 5.91 Å². The molecule has 2 rings (SSSR count). The Balaban J connectivity index is 1.90. The van der Waals surface area contributed by atoms with Crippen LogP contribution in [-0.4, -0.2) is 84.2 Å². The van der Waals surface area contributed by atoms with E-state index >= 15 is 0 Å². The highest BCUT2D eigenvalue weighted by Crippen LogP contribution is 2.21. The van der Waals surface area contributed by atoms with Crippen molar-refractivity contribution in [3.05, 3.63) is 0 Å². The first kappa shape index (κ1) is 20.7. The van der Waals surface area contributed by atoms with E-state index in [1.165, 1.54) is 12.8 Å². The monoisotopic (exact) mass is 353 g/mol. The van der Waals surface area contributed by atoms with Crippen molar-refractivity contribution in [2.75, 3.05) is 39.3 Å². The van der Waals surface area contributed by atoms with Crippen LogP contribution >= 0.6 is 0 Å². The van der Waals surface area contributed by atoms with Crippen molar-refractivity contribution in [3.63, 3.8) is 0 Å². The number of hydrogen-bond acceptors (Lipinski definition) is 4. The molecule has 0 aromatic carbocycles. The van der Waals surface area contributed by atoms with Crippen LogP contribution in [0.3, 0.4) is 0 Å². The highest BCUT2D eigenvalue weighted by Gasteiger charge is 2.32. The minimum Gasteiger partial charge on any atom is -0.373 e. The molecule has 3 unspecified atom stereocenters. The molecule has 0 saturated carbocycles. The molecule has 0 bridgehead atoms. The third-order valence-corrected chi connectivity index (χ3v) is 5.31. The number of amides is 1. The normalized spacial score (nSPS) is 28.9. The van der Waals surface area contributed by atoms with Crippen LogP contribution in [0, 0.1) is 5.92 Å². The minimum atomic E-state index is 0.275. The van der Waals surface area contributed by atoms with Gasteiger partial charge in [-0.3, -0.25) is 14.6 Å². The van der Waals surface area contributed by atoms with Crippen LogP contribution in [0.15, 0.2) is 0 Å². The van der Waals surface area contributed by atoms with Gasteiger partial charge in [0.2, 0.25) is 5.91 Å². The first-order valence-electron chi connectivity index (χ1n) is 10.2. The van der Waals surface area contributed by atoms with Crippen molar-refractivity contribution in [1.82, 2.24) is 14.7 Å². The molecule has 2 aliphatic rings. The van der Waals surface area contributed by atoms with Gasteiger partial charge in [0, 0.05) is 38.3 Å². The summed E-state index contributed by atoms with van der Waals surface area (Å²) in [6.45, 7) is 18.5. The predicted molar refractivity (Wildman–Crippen MR) is 103 cm³/mol. The Bertz CT molecular complexity index is 417. The Hall–Kier alpha value is -0.650. The number of nitrogens with zero attached hydrogens (tertiary/aromatic N) is 3. The number of likely N-dealkylation sites (tertiary alicyclic amines) is 1. The lowest BCUT2D eigenvalue weighted by Gasteiger charge is -2.38. The van der Waals surface area contributed by atoms with Crippen molar-refractivity contribution in [2.45, 2.75) is 78.7 Å². The van der Waals surface area contributed by atoms with E-state index in [2.05, 4.69) is 56.2 Å². The molecule has 0 spiro atoms. The van der Waals surface area contributed by atoms with Gasteiger partial charge in [-0.1, -0.05) is 13.8 Å². The van der Waals surface area contributed by atoms with E-state index in [1.54, 1.807) is 0 Å². The van der Waals surface area contributed by atoms with Crippen molar-refractivity contribution in [3.8, 4) is 0 Å². The summed E-state index contributed by atoms with van der Waals surface area (Å²) < 4.78 is 5.85. The number of morpholine rings is 1. The minimum absolute atomic E-state index is 0.275. The summed E-state index contributed by atoms with van der Waals surface area (Å²) in [4.78, 5) is 19.9. The molecule has 2 aliphatic heterocycles. The third kappa shape index (κ3) is 6.22. The Morgan fingerprint density at radius 2 is 1.80 bits per heavy atom. The molecule has 0 aromatic rings. The quantitative estimate of drug-likeness (QED) is 0.704. The summed E-state index contributed by atoms with van der Waals surface area (Å²) in [7, 11) is 0. The molecule has 2 saturated heterocycles. The average Bonchev–Trinajstić information content (AvgIpc) is 2.90. The van der Waals surface area contributed by atoms with Crippen molar-refractivity contribution in [2.24, 2.45) is 5.92 Å². The van der Waals surface area contributed by atoms with Gasteiger partial charge in [-0.2, -0.15) is 0 Å². The zero-order valence-corrected chi connectivity index (χ0v) is 17.2. The second-order valence-corrected chi connectivity index (χ2v) is 8.78. The fourth-order valence-corrected chi connectivity index (χ4v) is 4.30. The van der Waals surface area contributed by atoms with Crippen molar-refractivity contribution < 1.29 is 9.53 Å². The van der Waals surface area contributed by atoms with Crippen LogP contribution in [0.25, 0.3) is 0 Å². The summed E-state index contributed by atoms with van der Waals surface area (Å²) in [5.74, 6) is 0.802. The lowest BCUT2D eigenvalue weighted by atomic mass is 10.1. The fraction of sp³-hybridized carbons (Fsp3) is 0.950. The van der Waals surface area contributed by atoms with Gasteiger partial charge in [0.05, 0.1) is 18.8 Å². The molecule has 0 N–H and O–H groups in total. The lowest BCUT2D eigenvalue weighted by Crippen LogP contribution is -2.52. The highest BCUT2D eigenvalue weighted by atomic mass is 16.5. The largest absolute Gasteiger partial charge is 0.373 e. The van der Waals surface area contributed by atoms with E-state index in [-0.39, 0.29) is 6.04 Å². The molecule has 1 amide bonds. The highest BCUT2D eigenvalue weighted by molar-refractivity contribution is 5.78. The van der Waals surface area contributed by atoms with Crippen LogP contribution < -0.4 is 0 Å². The van der Waals surface area contributed by atoms with Crippen LogP contribution in [0.4, 0.5) is 0 Å². The van der Waals surface area contributed by atoms with Crippen LogP contribution in [0.2, 0.25) is 0 Å². The van der Waals surface area contributed by atoms with Gasteiger partial charge in [-0.05, 0) is 53.0 Å². The molecular weight excluding hydrogens is 314 g/mol. The van der Waals surface area contributed by atoms with E-state index in [0.29, 0.717) is 36.6 Å². The molecule has 5 heteroatoms. The van der Waals surface area contributed by atoms with Gasteiger partial charge in [0.1, 0.15) is 0 Å². The summed E-state index contributed by atoms with van der Waals surface area (Å²) in [5, 5.41) is 0. The summed E-state index contributed by atoms with van der Waals surface area (Å²) in [6, 6.07) is 0.784. The SMILES string of the molecule is CC(C)CN(C(=O)CN1CCCC1CN1CC(C)OC(C)C1)C(C)C. The van der Waals surface area contributed by atoms with Gasteiger partial charge in [-0.15, -0.1) is 0 Å². The topological polar surface area (TPSA) is 36.0 Å². The molecule has 146 valence electrons. The maximum atomic E-state index is 12.9. The summed E-state index contributed by atoms with van der Waals surface area (Å²) in [6.07, 6.45) is 3.03. The standard InChI is InChI=1S/C20H39N3O2/c1-15(2)10-23(16(3)4)20(24)14-22-9-7-8-19(22)13-21-11-17(5)25-18(6)12-21/h15-19H,7-14H2,1-6H3. The Morgan fingerprint density at radius 1 is 1.16 bits per heavy atom. The first-order chi connectivity index (χ1) is 11.8. The molecule has 3 atom stereocenters. The van der Waals surface area contributed by atoms with E-state index in [4.69, 9.17) is 4.74 Å². The zero-order valence-electron chi connectivity index (χ0n) is 17.2. The summed E-state index contributed by atoms with van der Waals surface area (Å²) in [5.41, 5.74) is 0. The molecule has 0 aliphatic carbocycles.